The Morgan fingerprint density at radius 3 is 2.30 bits per heavy atom. The lowest BCUT2D eigenvalue weighted by atomic mass is 10.1. The topological polar surface area (TPSA) is 136 Å². The maximum atomic E-state index is 12.5. The molecule has 2 fully saturated rings. The Hall–Kier alpha value is -2.24. The fourth-order valence-electron chi connectivity index (χ4n) is 5.37. The van der Waals surface area contributed by atoms with Gasteiger partial charge in [-0.2, -0.15) is 0 Å². The van der Waals surface area contributed by atoms with Crippen LogP contribution in [-0.4, -0.2) is 71.9 Å². The van der Waals surface area contributed by atoms with E-state index in [0.717, 1.165) is 12.8 Å². The average molecular weight is 565 g/mol. The molecule has 2 heterocycles. The van der Waals surface area contributed by atoms with Crippen LogP contribution in [0.2, 0.25) is 0 Å². The molecule has 0 bridgehead atoms. The van der Waals surface area contributed by atoms with Gasteiger partial charge in [0.1, 0.15) is 24.9 Å². The van der Waals surface area contributed by atoms with E-state index in [-0.39, 0.29) is 19.6 Å². The van der Waals surface area contributed by atoms with Crippen molar-refractivity contribution >= 4 is 17.7 Å². The first-order chi connectivity index (χ1) is 19.2. The minimum Gasteiger partial charge on any atom is -0.481 e. The summed E-state index contributed by atoms with van der Waals surface area (Å²) in [6.07, 6.45) is 9.63. The molecule has 0 radical (unpaired) electrons. The first-order valence-electron chi connectivity index (χ1n) is 14.8. The number of urea groups is 1. The van der Waals surface area contributed by atoms with Gasteiger partial charge >= 0.3 is 12.0 Å². The lowest BCUT2D eigenvalue weighted by Gasteiger charge is -2.28. The first kappa shape index (κ1) is 32.3. The van der Waals surface area contributed by atoms with Crippen LogP contribution in [0.1, 0.15) is 90.5 Å². The number of hydrogen-bond donors (Lipinski definition) is 4. The molecule has 2 amide bonds. The highest BCUT2D eigenvalue weighted by Gasteiger charge is 2.64. The van der Waals surface area contributed by atoms with Crippen molar-refractivity contribution in [1.82, 2.24) is 5.32 Å². The number of aliphatic carboxylic acids is 1. The standard InChI is InChI=1S/C30H48N2O8/c1-4-5-6-7-8-9-10-11-12-15-18-37-21-30-27(39-29(2,3)40-30)26(35)24(38-30)20-31-28(36)32-23-17-14-13-16-22(23)19-25(33)34/h13-14,16-17,24,26-27,35H,4-12,15,18-21H2,1-3H3,(H,33,34)(H2,31,32,36)/t24-,26+,27-,30-/m0/s1. The molecule has 226 valence electrons. The van der Waals surface area contributed by atoms with E-state index in [1.54, 1.807) is 38.1 Å². The van der Waals surface area contributed by atoms with Gasteiger partial charge in [0.2, 0.25) is 5.79 Å². The molecular weight excluding hydrogens is 516 g/mol. The Bertz CT molecular complexity index is 942. The molecule has 2 aliphatic heterocycles. The van der Waals surface area contributed by atoms with Crippen LogP contribution in [0.25, 0.3) is 0 Å². The summed E-state index contributed by atoms with van der Waals surface area (Å²) in [5, 5.41) is 25.4. The number of unbranched alkanes of at least 4 members (excludes halogenated alkanes) is 9. The number of rotatable bonds is 18. The fraction of sp³-hybridized carbons (Fsp3) is 0.733. The Morgan fingerprint density at radius 2 is 1.62 bits per heavy atom. The van der Waals surface area contributed by atoms with Crippen molar-refractivity contribution in [2.24, 2.45) is 0 Å². The van der Waals surface area contributed by atoms with Crippen LogP contribution in [0.4, 0.5) is 10.5 Å². The fourth-order valence-corrected chi connectivity index (χ4v) is 5.37. The molecule has 1 aromatic rings. The van der Waals surface area contributed by atoms with Crippen molar-refractivity contribution in [2.75, 3.05) is 25.1 Å². The molecule has 40 heavy (non-hydrogen) atoms. The van der Waals surface area contributed by atoms with E-state index >= 15 is 0 Å². The Balaban J connectivity index is 1.42. The van der Waals surface area contributed by atoms with Crippen LogP contribution in [0.15, 0.2) is 24.3 Å². The maximum absolute atomic E-state index is 12.5. The van der Waals surface area contributed by atoms with Gasteiger partial charge in [0.25, 0.3) is 0 Å². The number of anilines is 1. The van der Waals surface area contributed by atoms with Crippen LogP contribution in [0, 0.1) is 0 Å². The van der Waals surface area contributed by atoms with Gasteiger partial charge < -0.3 is 39.8 Å². The number of carbonyl (C=O) groups is 2. The smallest absolute Gasteiger partial charge is 0.319 e. The van der Waals surface area contributed by atoms with E-state index < -0.39 is 41.9 Å². The lowest BCUT2D eigenvalue weighted by molar-refractivity contribution is -0.277. The predicted molar refractivity (Wildman–Crippen MR) is 151 cm³/mol. The molecule has 2 saturated heterocycles. The van der Waals surface area contributed by atoms with Gasteiger partial charge in [0.15, 0.2) is 5.79 Å². The average Bonchev–Trinajstić information content (AvgIpc) is 3.30. The number of aliphatic hydroxyl groups is 1. The number of hydrogen-bond acceptors (Lipinski definition) is 7. The van der Waals surface area contributed by atoms with E-state index in [1.165, 1.54) is 51.4 Å². The first-order valence-corrected chi connectivity index (χ1v) is 14.8. The number of aliphatic hydroxyl groups excluding tert-OH is 1. The molecule has 0 unspecified atom stereocenters. The van der Waals surface area contributed by atoms with Crippen LogP contribution in [0.3, 0.4) is 0 Å². The Labute approximate surface area is 238 Å². The van der Waals surface area contributed by atoms with Crippen molar-refractivity contribution in [1.29, 1.82) is 0 Å². The van der Waals surface area contributed by atoms with Gasteiger partial charge in [-0.15, -0.1) is 0 Å². The van der Waals surface area contributed by atoms with Crippen molar-refractivity contribution < 1.29 is 38.7 Å². The van der Waals surface area contributed by atoms with E-state index in [4.69, 9.17) is 24.1 Å². The van der Waals surface area contributed by atoms with E-state index in [2.05, 4.69) is 17.6 Å². The minimum absolute atomic E-state index is 0.00204. The summed E-state index contributed by atoms with van der Waals surface area (Å²) in [7, 11) is 0. The summed E-state index contributed by atoms with van der Waals surface area (Å²) >= 11 is 0. The second-order valence-corrected chi connectivity index (χ2v) is 11.3. The third-order valence-corrected chi connectivity index (χ3v) is 7.32. The number of carboxylic acid groups (broad SMARTS) is 1. The number of carboxylic acids is 1. The van der Waals surface area contributed by atoms with E-state index in [9.17, 15) is 14.7 Å². The predicted octanol–water partition coefficient (Wildman–Crippen LogP) is 4.98. The maximum Gasteiger partial charge on any atom is 0.319 e. The van der Waals surface area contributed by atoms with Gasteiger partial charge in [-0.1, -0.05) is 82.9 Å². The third kappa shape index (κ3) is 9.69. The summed E-state index contributed by atoms with van der Waals surface area (Å²) in [6.45, 7) is 6.44. The molecule has 4 atom stereocenters. The van der Waals surface area contributed by atoms with Crippen molar-refractivity contribution in [3.63, 3.8) is 0 Å². The summed E-state index contributed by atoms with van der Waals surface area (Å²) in [5.41, 5.74) is 0.886. The number of para-hydroxylation sites is 1. The second kappa shape index (κ2) is 15.7. The molecule has 3 rings (SSSR count). The van der Waals surface area contributed by atoms with Gasteiger partial charge in [0.05, 0.1) is 6.42 Å². The molecule has 0 saturated carbocycles. The molecule has 10 heteroatoms. The molecule has 0 aromatic heterocycles. The number of fused-ring (bicyclic) bond motifs is 1. The molecular formula is C30H48N2O8. The van der Waals surface area contributed by atoms with Crippen LogP contribution in [-0.2, 0) is 30.2 Å². The molecule has 0 aliphatic carbocycles. The van der Waals surface area contributed by atoms with E-state index in [0.29, 0.717) is 17.9 Å². The SMILES string of the molecule is CCCCCCCCCCCCOC[C@@]12O[C@@H](CNC(=O)Nc3ccccc3CC(=O)O)[C@@H](O)[C@@H]1OC(C)(C)O2. The number of nitrogens with one attached hydrogen (secondary N) is 2. The largest absolute Gasteiger partial charge is 0.481 e. The monoisotopic (exact) mass is 564 g/mol. The van der Waals surface area contributed by atoms with Crippen LogP contribution < -0.4 is 10.6 Å². The van der Waals surface area contributed by atoms with Crippen molar-refractivity contribution in [3.05, 3.63) is 29.8 Å². The summed E-state index contributed by atoms with van der Waals surface area (Å²) < 4.78 is 24.2. The normalized spacial score (nSPS) is 25.1. The number of ether oxygens (including phenoxy) is 4. The second-order valence-electron chi connectivity index (χ2n) is 11.3. The number of carbonyl (C=O) groups excluding carboxylic acids is 1. The lowest BCUT2D eigenvalue weighted by Crippen LogP contribution is -2.45. The quantitative estimate of drug-likeness (QED) is 0.183. The molecule has 10 nitrogen and oxygen atoms in total. The van der Waals surface area contributed by atoms with Crippen LogP contribution in [0.5, 0.6) is 0 Å². The van der Waals surface area contributed by atoms with Gasteiger partial charge in [0, 0.05) is 18.8 Å². The number of benzene rings is 1. The summed E-state index contributed by atoms with van der Waals surface area (Å²) in [6, 6.07) is 6.15. The molecule has 4 N–H and O–H groups in total. The Kier molecular flexibility index (Phi) is 12.6. The highest BCUT2D eigenvalue weighted by Crippen LogP contribution is 2.45. The highest BCUT2D eigenvalue weighted by atomic mass is 16.9. The van der Waals surface area contributed by atoms with E-state index in [1.807, 2.05) is 0 Å². The zero-order valence-electron chi connectivity index (χ0n) is 24.3. The van der Waals surface area contributed by atoms with Gasteiger partial charge in [-0.05, 0) is 31.9 Å². The summed E-state index contributed by atoms with van der Waals surface area (Å²) in [5.74, 6) is -3.21. The highest BCUT2D eigenvalue weighted by molar-refractivity contribution is 5.90. The molecule has 2 aliphatic rings. The van der Waals surface area contributed by atoms with Gasteiger partial charge in [-0.3, -0.25) is 4.79 Å². The van der Waals surface area contributed by atoms with Gasteiger partial charge in [-0.25, -0.2) is 4.79 Å². The zero-order valence-corrected chi connectivity index (χ0v) is 24.3. The minimum atomic E-state index is -1.27. The third-order valence-electron chi connectivity index (χ3n) is 7.32. The van der Waals surface area contributed by atoms with Crippen LogP contribution >= 0.6 is 0 Å². The number of amides is 2. The Morgan fingerprint density at radius 1 is 0.975 bits per heavy atom. The molecule has 1 aromatic carbocycles. The van der Waals surface area contributed by atoms with Crippen molar-refractivity contribution in [2.45, 2.75) is 121 Å². The van der Waals surface area contributed by atoms with Crippen molar-refractivity contribution in [3.8, 4) is 0 Å². The zero-order chi connectivity index (χ0) is 29.0. The molecule has 0 spiro atoms. The summed E-state index contributed by atoms with van der Waals surface area (Å²) in [4.78, 5) is 23.7.